The summed E-state index contributed by atoms with van der Waals surface area (Å²) in [4.78, 5) is 10.8. The highest BCUT2D eigenvalue weighted by Gasteiger charge is 2.40. The average molecular weight is 300 g/mol. The summed E-state index contributed by atoms with van der Waals surface area (Å²) in [6.07, 6.45) is 3.17. The van der Waals surface area contributed by atoms with Crippen LogP contribution in [0.5, 0.6) is 0 Å². The monoisotopic (exact) mass is 300 g/mol. The van der Waals surface area contributed by atoms with Crippen LogP contribution in [0.15, 0.2) is 21.6 Å². The lowest BCUT2D eigenvalue weighted by Gasteiger charge is -2.37. The number of carbonyl (C=O) groups is 1. The fraction of sp³-hybridized carbons (Fsp3) is 0.615. The number of rotatable bonds is 3. The van der Waals surface area contributed by atoms with E-state index in [1.807, 2.05) is 11.8 Å². The number of hydrogen-bond acceptors (Lipinski definition) is 5. The van der Waals surface area contributed by atoms with Gasteiger partial charge in [0.15, 0.2) is 5.09 Å². The van der Waals surface area contributed by atoms with Gasteiger partial charge in [-0.15, -0.1) is 0 Å². The Morgan fingerprint density at radius 1 is 1.53 bits per heavy atom. The molecule has 2 unspecified atom stereocenters. The van der Waals surface area contributed by atoms with Crippen molar-refractivity contribution in [2.45, 2.75) is 35.2 Å². The minimum atomic E-state index is -1.01. The van der Waals surface area contributed by atoms with Crippen molar-refractivity contribution in [2.24, 2.45) is 0 Å². The first-order valence-electron chi connectivity index (χ1n) is 6.38. The van der Waals surface area contributed by atoms with Crippen LogP contribution in [0, 0.1) is 0 Å². The smallest absolute Gasteiger partial charge is 0.371 e. The maximum absolute atomic E-state index is 10.8. The van der Waals surface area contributed by atoms with E-state index in [0.29, 0.717) is 10.3 Å². The van der Waals surface area contributed by atoms with Gasteiger partial charge >= 0.3 is 5.97 Å². The van der Waals surface area contributed by atoms with Gasteiger partial charge < -0.3 is 14.3 Å². The van der Waals surface area contributed by atoms with Crippen molar-refractivity contribution < 1.29 is 19.1 Å². The fourth-order valence-corrected chi connectivity index (χ4v) is 5.20. The van der Waals surface area contributed by atoms with E-state index in [-0.39, 0.29) is 11.4 Å². The molecule has 1 spiro atoms. The van der Waals surface area contributed by atoms with Crippen molar-refractivity contribution in [2.75, 3.05) is 18.1 Å². The molecule has 0 radical (unpaired) electrons. The first kappa shape index (κ1) is 13.4. The van der Waals surface area contributed by atoms with Crippen LogP contribution in [0.1, 0.15) is 29.8 Å². The molecule has 0 bridgehead atoms. The molecule has 2 atom stereocenters. The second-order valence-corrected chi connectivity index (χ2v) is 7.40. The molecule has 3 rings (SSSR count). The Morgan fingerprint density at radius 2 is 2.42 bits per heavy atom. The van der Waals surface area contributed by atoms with Crippen molar-refractivity contribution in [3.8, 4) is 0 Å². The molecule has 3 heterocycles. The van der Waals surface area contributed by atoms with Crippen LogP contribution in [0.3, 0.4) is 0 Å². The van der Waals surface area contributed by atoms with Gasteiger partial charge in [0.05, 0.1) is 5.60 Å². The number of aromatic carboxylic acids is 1. The van der Waals surface area contributed by atoms with Gasteiger partial charge in [0, 0.05) is 17.6 Å². The van der Waals surface area contributed by atoms with Gasteiger partial charge in [0.1, 0.15) is 0 Å². The lowest BCUT2D eigenvalue weighted by molar-refractivity contribution is -0.0563. The summed E-state index contributed by atoms with van der Waals surface area (Å²) >= 11 is 3.60. The molecule has 19 heavy (non-hydrogen) atoms. The quantitative estimate of drug-likeness (QED) is 0.925. The maximum atomic E-state index is 10.8. The maximum Gasteiger partial charge on any atom is 0.371 e. The van der Waals surface area contributed by atoms with E-state index in [2.05, 4.69) is 0 Å². The predicted octanol–water partition coefficient (Wildman–Crippen LogP) is 3.12. The van der Waals surface area contributed by atoms with Gasteiger partial charge in [0.2, 0.25) is 5.76 Å². The molecule has 2 fully saturated rings. The van der Waals surface area contributed by atoms with E-state index in [1.54, 1.807) is 17.8 Å². The minimum absolute atomic E-state index is 0.0145. The zero-order valence-corrected chi connectivity index (χ0v) is 12.1. The molecule has 2 aliphatic rings. The van der Waals surface area contributed by atoms with E-state index < -0.39 is 5.97 Å². The second kappa shape index (κ2) is 5.42. The summed E-state index contributed by atoms with van der Waals surface area (Å²) in [5.74, 6) is 1.27. The number of hydrogen-bond donors (Lipinski definition) is 1. The van der Waals surface area contributed by atoms with E-state index in [1.165, 1.54) is 11.8 Å². The second-order valence-electron chi connectivity index (χ2n) is 4.99. The molecule has 2 saturated heterocycles. The summed E-state index contributed by atoms with van der Waals surface area (Å²) < 4.78 is 11.3. The first-order valence-corrected chi connectivity index (χ1v) is 8.42. The molecular formula is C13H16O4S2. The highest BCUT2D eigenvalue weighted by molar-refractivity contribution is 8.00. The molecule has 4 nitrogen and oxygen atoms in total. The van der Waals surface area contributed by atoms with E-state index >= 15 is 0 Å². The number of furan rings is 1. The Bertz CT molecular complexity index is 465. The van der Waals surface area contributed by atoms with Crippen molar-refractivity contribution in [3.05, 3.63) is 17.9 Å². The van der Waals surface area contributed by atoms with Crippen LogP contribution in [0.4, 0.5) is 0 Å². The van der Waals surface area contributed by atoms with Gasteiger partial charge in [-0.2, -0.15) is 11.8 Å². The SMILES string of the molecule is O=C(O)c1ccc(SC2CCOC3(CCSC3)C2)o1. The molecule has 6 heteroatoms. The number of ether oxygens (including phenoxy) is 1. The van der Waals surface area contributed by atoms with Crippen LogP contribution in [0.2, 0.25) is 0 Å². The van der Waals surface area contributed by atoms with Gasteiger partial charge in [0.25, 0.3) is 0 Å². The first-order chi connectivity index (χ1) is 9.17. The third kappa shape index (κ3) is 2.95. The van der Waals surface area contributed by atoms with Crippen LogP contribution < -0.4 is 0 Å². The number of thioether (sulfide) groups is 2. The van der Waals surface area contributed by atoms with Gasteiger partial charge in [-0.25, -0.2) is 4.79 Å². The van der Waals surface area contributed by atoms with Crippen molar-refractivity contribution in [1.82, 2.24) is 0 Å². The lowest BCUT2D eigenvalue weighted by atomic mass is 9.93. The number of carboxylic acids is 1. The van der Waals surface area contributed by atoms with E-state index in [4.69, 9.17) is 14.3 Å². The average Bonchev–Trinajstić information content (AvgIpc) is 3.00. The zero-order valence-electron chi connectivity index (χ0n) is 10.5. The zero-order chi connectivity index (χ0) is 13.3. The van der Waals surface area contributed by atoms with Gasteiger partial charge in [-0.3, -0.25) is 0 Å². The number of carboxylic acid groups (broad SMARTS) is 1. The predicted molar refractivity (Wildman–Crippen MR) is 75.2 cm³/mol. The highest BCUT2D eigenvalue weighted by atomic mass is 32.2. The molecule has 0 amide bonds. The summed E-state index contributed by atoms with van der Waals surface area (Å²) in [5.41, 5.74) is 0.0583. The topological polar surface area (TPSA) is 59.7 Å². The molecule has 104 valence electrons. The van der Waals surface area contributed by atoms with Crippen molar-refractivity contribution in [3.63, 3.8) is 0 Å². The molecule has 1 aromatic heterocycles. The molecule has 0 aliphatic carbocycles. The normalized spacial score (nSPS) is 30.8. The Morgan fingerprint density at radius 3 is 3.11 bits per heavy atom. The Labute approximate surface area is 120 Å². The molecule has 0 aromatic carbocycles. The summed E-state index contributed by atoms with van der Waals surface area (Å²) in [5, 5.41) is 10.0. The van der Waals surface area contributed by atoms with Crippen LogP contribution >= 0.6 is 23.5 Å². The van der Waals surface area contributed by atoms with Crippen LogP contribution in [-0.2, 0) is 4.74 Å². The van der Waals surface area contributed by atoms with Crippen molar-refractivity contribution in [1.29, 1.82) is 0 Å². The van der Waals surface area contributed by atoms with E-state index in [9.17, 15) is 4.79 Å². The molecule has 1 aromatic rings. The summed E-state index contributed by atoms with van der Waals surface area (Å²) in [6, 6.07) is 3.27. The molecule has 0 saturated carbocycles. The Kier molecular flexibility index (Phi) is 3.82. The van der Waals surface area contributed by atoms with Gasteiger partial charge in [-0.05, 0) is 37.1 Å². The Hall–Kier alpha value is -0.590. The molecule has 2 aliphatic heterocycles. The van der Waals surface area contributed by atoms with Crippen LogP contribution in [0.25, 0.3) is 0 Å². The molecular weight excluding hydrogens is 284 g/mol. The minimum Gasteiger partial charge on any atom is -0.475 e. The van der Waals surface area contributed by atoms with Crippen molar-refractivity contribution >= 4 is 29.5 Å². The summed E-state index contributed by atoms with van der Waals surface area (Å²) in [7, 11) is 0. The third-order valence-electron chi connectivity index (χ3n) is 3.59. The molecule has 1 N–H and O–H groups in total. The lowest BCUT2D eigenvalue weighted by Crippen LogP contribution is -2.40. The Balaban J connectivity index is 1.64. The van der Waals surface area contributed by atoms with Crippen LogP contribution in [-0.4, -0.2) is 40.0 Å². The van der Waals surface area contributed by atoms with Gasteiger partial charge in [-0.1, -0.05) is 11.8 Å². The largest absolute Gasteiger partial charge is 0.475 e. The van der Waals surface area contributed by atoms with E-state index in [0.717, 1.165) is 31.6 Å². The standard InChI is InChI=1S/C13H16O4S2/c14-12(15)10-1-2-11(17-10)19-9-3-5-16-13(7-9)4-6-18-8-13/h1-2,9H,3-8H2,(H,14,15). The fourth-order valence-electron chi connectivity index (χ4n) is 2.61. The summed E-state index contributed by atoms with van der Waals surface area (Å²) in [6.45, 7) is 0.796. The highest BCUT2D eigenvalue weighted by Crippen LogP contribution is 2.43. The third-order valence-corrected chi connectivity index (χ3v) is 6.00.